The molecule has 3 aromatic carbocycles. The van der Waals surface area contributed by atoms with Crippen LogP contribution in [0.3, 0.4) is 0 Å². The van der Waals surface area contributed by atoms with Gasteiger partial charge >= 0.3 is 0 Å². The zero-order valence-corrected chi connectivity index (χ0v) is 15.0. The minimum atomic E-state index is -0.769. The topological polar surface area (TPSA) is 76.3 Å². The molecule has 1 N–H and O–H groups in total. The van der Waals surface area contributed by atoms with Gasteiger partial charge in [-0.25, -0.2) is 0 Å². The maximum absolute atomic E-state index is 10.7. The van der Waals surface area contributed by atoms with Crippen LogP contribution >= 0.6 is 0 Å². The van der Waals surface area contributed by atoms with E-state index in [2.05, 4.69) is 23.2 Å². The van der Waals surface area contributed by atoms with Gasteiger partial charge in [0.25, 0.3) is 5.69 Å². The van der Waals surface area contributed by atoms with Gasteiger partial charge in [0.2, 0.25) is 0 Å². The second-order valence-electron chi connectivity index (χ2n) is 6.64. The minimum absolute atomic E-state index is 0.00833. The van der Waals surface area contributed by atoms with Crippen molar-refractivity contribution in [2.24, 2.45) is 0 Å². The molecule has 1 aromatic heterocycles. The molecule has 0 radical (unpaired) electrons. The number of fused-ring (bicyclic) bond motifs is 1. The van der Waals surface area contributed by atoms with E-state index in [1.165, 1.54) is 12.1 Å². The Hall–Kier alpha value is -3.57. The number of aromatic nitrogens is 1. The maximum atomic E-state index is 10.7. The number of nitro benzene ring substituents is 1. The van der Waals surface area contributed by atoms with E-state index in [0.29, 0.717) is 12.0 Å². The van der Waals surface area contributed by atoms with Crippen LogP contribution in [0.1, 0.15) is 17.4 Å². The summed E-state index contributed by atoms with van der Waals surface area (Å²) in [7, 11) is 0. The van der Waals surface area contributed by atoms with E-state index < -0.39 is 11.0 Å². The van der Waals surface area contributed by atoms with Gasteiger partial charge in [-0.3, -0.25) is 15.1 Å². The van der Waals surface area contributed by atoms with Crippen LogP contribution in [0.2, 0.25) is 0 Å². The van der Waals surface area contributed by atoms with E-state index in [4.69, 9.17) is 0 Å². The third kappa shape index (κ3) is 3.75. The van der Waals surface area contributed by atoms with Gasteiger partial charge < -0.3 is 5.11 Å². The lowest BCUT2D eigenvalue weighted by molar-refractivity contribution is -0.384. The van der Waals surface area contributed by atoms with Crippen LogP contribution in [0.4, 0.5) is 5.69 Å². The zero-order valence-electron chi connectivity index (χ0n) is 15.0. The van der Waals surface area contributed by atoms with Gasteiger partial charge in [0, 0.05) is 29.6 Å². The van der Waals surface area contributed by atoms with Gasteiger partial charge in [0.05, 0.1) is 16.5 Å². The summed E-state index contributed by atoms with van der Waals surface area (Å²) in [6.45, 7) is 0. The molecule has 5 heteroatoms. The Morgan fingerprint density at radius 3 is 2.36 bits per heavy atom. The average Bonchev–Trinajstić information content (AvgIpc) is 2.74. The number of hydrogen-bond acceptors (Lipinski definition) is 4. The molecule has 138 valence electrons. The first kappa shape index (κ1) is 17.8. The fraction of sp³-hybridized carbons (Fsp3) is 0.0870. The Morgan fingerprint density at radius 1 is 0.893 bits per heavy atom. The van der Waals surface area contributed by atoms with Crippen molar-refractivity contribution in [2.75, 3.05) is 0 Å². The number of nitro groups is 1. The van der Waals surface area contributed by atoms with Crippen LogP contribution in [-0.4, -0.2) is 15.0 Å². The molecule has 28 heavy (non-hydrogen) atoms. The zero-order chi connectivity index (χ0) is 19.5. The number of aliphatic hydroxyl groups excluding tert-OH is 1. The highest BCUT2D eigenvalue weighted by molar-refractivity contribution is 5.84. The third-order valence-corrected chi connectivity index (χ3v) is 4.75. The summed E-state index contributed by atoms with van der Waals surface area (Å²) in [6.07, 6.45) is -0.428. The average molecular weight is 370 g/mol. The summed E-state index contributed by atoms with van der Waals surface area (Å²) in [4.78, 5) is 14.9. The molecule has 1 atom stereocenters. The Morgan fingerprint density at radius 2 is 1.64 bits per heavy atom. The molecule has 4 rings (SSSR count). The molecule has 0 spiro atoms. The number of hydrogen-bond donors (Lipinski definition) is 1. The van der Waals surface area contributed by atoms with Crippen molar-refractivity contribution >= 4 is 16.6 Å². The molecule has 0 saturated heterocycles. The van der Waals surface area contributed by atoms with Gasteiger partial charge in [-0.05, 0) is 47.0 Å². The number of nitrogens with zero attached hydrogens (tertiary/aromatic N) is 2. The summed E-state index contributed by atoms with van der Waals surface area (Å²) in [5, 5.41) is 22.2. The van der Waals surface area contributed by atoms with Crippen LogP contribution in [0.25, 0.3) is 22.0 Å². The maximum Gasteiger partial charge on any atom is 0.269 e. The smallest absolute Gasteiger partial charge is 0.269 e. The van der Waals surface area contributed by atoms with Crippen molar-refractivity contribution in [3.05, 3.63) is 106 Å². The van der Waals surface area contributed by atoms with Gasteiger partial charge in [-0.1, -0.05) is 42.5 Å². The van der Waals surface area contributed by atoms with Gasteiger partial charge in [0.15, 0.2) is 0 Å². The highest BCUT2D eigenvalue weighted by atomic mass is 16.6. The standard InChI is InChI=1S/C23H18N2O3/c26-23(17-7-11-21(12-8-17)25(27)28)15-20-10-6-19-14-18(9-13-22(19)24-20)16-4-2-1-3-5-16/h1-14,23,26H,15H2. The summed E-state index contributed by atoms with van der Waals surface area (Å²) in [5.41, 5.74) is 4.57. The molecule has 5 nitrogen and oxygen atoms in total. The fourth-order valence-electron chi connectivity index (χ4n) is 3.23. The van der Waals surface area contributed by atoms with Gasteiger partial charge in [-0.2, -0.15) is 0 Å². The normalized spacial score (nSPS) is 12.0. The number of benzene rings is 3. The van der Waals surface area contributed by atoms with Gasteiger partial charge in [0.1, 0.15) is 0 Å². The summed E-state index contributed by atoms with van der Waals surface area (Å²) in [6, 6.07) is 26.2. The fourth-order valence-corrected chi connectivity index (χ4v) is 3.23. The third-order valence-electron chi connectivity index (χ3n) is 4.75. The molecule has 0 amide bonds. The van der Waals surface area contributed by atoms with Crippen LogP contribution in [0, 0.1) is 10.1 Å². The largest absolute Gasteiger partial charge is 0.388 e. The number of rotatable bonds is 5. The van der Waals surface area contributed by atoms with E-state index in [0.717, 1.165) is 27.7 Å². The number of aliphatic hydroxyl groups is 1. The lowest BCUT2D eigenvalue weighted by Gasteiger charge is -2.11. The Balaban J connectivity index is 1.55. The second kappa shape index (κ2) is 7.58. The van der Waals surface area contributed by atoms with Crippen molar-refractivity contribution in [2.45, 2.75) is 12.5 Å². The highest BCUT2D eigenvalue weighted by Gasteiger charge is 2.12. The first-order valence-corrected chi connectivity index (χ1v) is 8.98. The van der Waals surface area contributed by atoms with Crippen molar-refractivity contribution in [3.63, 3.8) is 0 Å². The van der Waals surface area contributed by atoms with Gasteiger partial charge in [-0.15, -0.1) is 0 Å². The minimum Gasteiger partial charge on any atom is -0.388 e. The molecule has 4 aromatic rings. The molecule has 0 fully saturated rings. The first-order valence-electron chi connectivity index (χ1n) is 8.98. The molecule has 1 unspecified atom stereocenters. The molecule has 0 aliphatic carbocycles. The SMILES string of the molecule is O=[N+]([O-])c1ccc(C(O)Cc2ccc3cc(-c4ccccc4)ccc3n2)cc1. The number of pyridine rings is 1. The van der Waals surface area contributed by atoms with Crippen molar-refractivity contribution in [3.8, 4) is 11.1 Å². The van der Waals surface area contributed by atoms with Crippen LogP contribution in [0.5, 0.6) is 0 Å². The van der Waals surface area contributed by atoms with E-state index in [-0.39, 0.29) is 5.69 Å². The molecule has 0 aliphatic rings. The van der Waals surface area contributed by atoms with E-state index >= 15 is 0 Å². The van der Waals surface area contributed by atoms with E-state index in [1.54, 1.807) is 12.1 Å². The second-order valence-corrected chi connectivity index (χ2v) is 6.64. The Bertz CT molecular complexity index is 1130. The molecule has 0 aliphatic heterocycles. The summed E-state index contributed by atoms with van der Waals surface area (Å²) >= 11 is 0. The number of non-ortho nitro benzene ring substituents is 1. The molecule has 1 heterocycles. The summed E-state index contributed by atoms with van der Waals surface area (Å²) < 4.78 is 0. The van der Waals surface area contributed by atoms with Crippen molar-refractivity contribution in [1.29, 1.82) is 0 Å². The Kier molecular flexibility index (Phi) is 4.83. The van der Waals surface area contributed by atoms with Crippen LogP contribution in [0.15, 0.2) is 84.9 Å². The predicted molar refractivity (Wildman–Crippen MR) is 109 cm³/mol. The molecule has 0 saturated carbocycles. The summed E-state index contributed by atoms with van der Waals surface area (Å²) in [5.74, 6) is 0. The lowest BCUT2D eigenvalue weighted by Crippen LogP contribution is -2.03. The van der Waals surface area contributed by atoms with Crippen LogP contribution < -0.4 is 0 Å². The molecular formula is C23H18N2O3. The quantitative estimate of drug-likeness (QED) is 0.392. The van der Waals surface area contributed by atoms with Crippen molar-refractivity contribution in [1.82, 2.24) is 4.98 Å². The first-order chi connectivity index (χ1) is 13.6. The monoisotopic (exact) mass is 370 g/mol. The Labute approximate surface area is 162 Å². The predicted octanol–water partition coefficient (Wildman–Crippen LogP) is 5.09. The lowest BCUT2D eigenvalue weighted by atomic mass is 10.0. The van der Waals surface area contributed by atoms with E-state index in [9.17, 15) is 15.2 Å². The van der Waals surface area contributed by atoms with E-state index in [1.807, 2.05) is 42.5 Å². The molecular weight excluding hydrogens is 352 g/mol. The highest BCUT2D eigenvalue weighted by Crippen LogP contribution is 2.25. The molecule has 0 bridgehead atoms. The van der Waals surface area contributed by atoms with Crippen LogP contribution in [-0.2, 0) is 6.42 Å². The van der Waals surface area contributed by atoms with Crippen molar-refractivity contribution < 1.29 is 10.0 Å².